The van der Waals surface area contributed by atoms with Crippen LogP contribution < -0.4 is 25.2 Å². The number of fused-ring (bicyclic) bond motifs is 1. The Morgan fingerprint density at radius 1 is 0.867 bits per heavy atom. The van der Waals surface area contributed by atoms with Crippen molar-refractivity contribution in [1.82, 2.24) is 30.6 Å². The monoisotopic (exact) mass is 877 g/mol. The number of halogens is 1. The van der Waals surface area contributed by atoms with Gasteiger partial charge in [0.15, 0.2) is 11.5 Å². The highest BCUT2D eigenvalue weighted by Gasteiger charge is 2.47. The van der Waals surface area contributed by atoms with Crippen LogP contribution in [-0.4, -0.2) is 114 Å². The molecule has 0 bridgehead atoms. The zero-order chi connectivity index (χ0) is 41.5. The van der Waals surface area contributed by atoms with Crippen molar-refractivity contribution in [2.75, 3.05) is 55.6 Å². The molecule has 60 heavy (non-hydrogen) atoms. The smallest absolute Gasteiger partial charge is 0.272 e. The first kappa shape index (κ1) is 40.0. The second-order valence-corrected chi connectivity index (χ2v) is 18.2. The standard InChI is InChI=1S/C44H48BrN9O6/c45-35-22-32(5-1-28(35)23-46)60-31-6-2-29(3-7-31)47-40(56)36-9-11-38(50-49-36)52-17-13-27(14-18-52)24-51-19-15-44(16-20-51)25-53(26-44)30-4-8-33-34(21-30)43(59)54(42(33)58)37-10-12-39(55)48-41(37)57/h1,4-5,8-9,11,21-22,27,29,31,37H,2-3,6-7,10,12-20,24-26H2,(H,47,56)(H,48,55,57)/t29-,31-,37?. The zero-order valence-electron chi connectivity index (χ0n) is 33.4. The third kappa shape index (κ3) is 8.09. The maximum absolute atomic E-state index is 13.3. The maximum Gasteiger partial charge on any atom is 0.272 e. The van der Waals surface area contributed by atoms with Crippen molar-refractivity contribution in [2.45, 2.75) is 82.4 Å². The number of nitriles is 1. The van der Waals surface area contributed by atoms with Crippen molar-refractivity contribution < 1.29 is 28.7 Å². The van der Waals surface area contributed by atoms with Gasteiger partial charge in [-0.3, -0.25) is 34.2 Å². The lowest BCUT2D eigenvalue weighted by molar-refractivity contribution is -0.136. The maximum atomic E-state index is 13.3. The van der Waals surface area contributed by atoms with Gasteiger partial charge >= 0.3 is 0 Å². The molecule has 3 aromatic rings. The van der Waals surface area contributed by atoms with E-state index in [4.69, 9.17) is 10.00 Å². The molecule has 2 aromatic carbocycles. The lowest BCUT2D eigenvalue weighted by Crippen LogP contribution is -2.60. The Balaban J connectivity index is 0.683. The van der Waals surface area contributed by atoms with E-state index in [1.165, 1.54) is 0 Å². The summed E-state index contributed by atoms with van der Waals surface area (Å²) < 4.78 is 6.86. The van der Waals surface area contributed by atoms with Crippen LogP contribution in [0.5, 0.6) is 5.75 Å². The molecule has 2 N–H and O–H groups in total. The Hall–Kier alpha value is -5.40. The molecule has 1 unspecified atom stereocenters. The van der Waals surface area contributed by atoms with Gasteiger partial charge in [0.05, 0.1) is 22.8 Å². The van der Waals surface area contributed by atoms with Gasteiger partial charge in [0.25, 0.3) is 17.7 Å². The van der Waals surface area contributed by atoms with E-state index in [9.17, 15) is 24.0 Å². The molecular weight excluding hydrogens is 830 g/mol. The van der Waals surface area contributed by atoms with Crippen LogP contribution in [0.25, 0.3) is 0 Å². The van der Waals surface area contributed by atoms with E-state index in [0.29, 0.717) is 32.8 Å². The Labute approximate surface area is 356 Å². The van der Waals surface area contributed by atoms with Crippen molar-refractivity contribution in [3.8, 4) is 11.8 Å². The predicted octanol–water partition coefficient (Wildman–Crippen LogP) is 4.45. The number of rotatable bonds is 9. The van der Waals surface area contributed by atoms with E-state index >= 15 is 0 Å². The van der Waals surface area contributed by atoms with E-state index in [1.54, 1.807) is 24.3 Å². The highest BCUT2D eigenvalue weighted by Crippen LogP contribution is 2.44. The number of carbonyl (C=O) groups excluding carboxylic acids is 5. The molecule has 4 saturated heterocycles. The fraction of sp³-hybridized carbons (Fsp3) is 0.500. The van der Waals surface area contributed by atoms with Gasteiger partial charge in [0, 0.05) is 60.8 Å². The Bertz CT molecular complexity index is 2230. The predicted molar refractivity (Wildman–Crippen MR) is 223 cm³/mol. The molecule has 9 rings (SSSR count). The van der Waals surface area contributed by atoms with Crippen LogP contribution in [0.4, 0.5) is 11.5 Å². The highest BCUT2D eigenvalue weighted by atomic mass is 79.9. The minimum Gasteiger partial charge on any atom is -0.490 e. The number of piperidine rings is 3. The summed E-state index contributed by atoms with van der Waals surface area (Å²) >= 11 is 3.42. The number of benzene rings is 2. The fourth-order valence-electron chi connectivity index (χ4n) is 9.89. The molecule has 15 nitrogen and oxygen atoms in total. The molecule has 5 amide bonds. The minimum absolute atomic E-state index is 0.0555. The number of likely N-dealkylation sites (tertiary alicyclic amines) is 1. The van der Waals surface area contributed by atoms with Crippen LogP contribution >= 0.6 is 15.9 Å². The lowest BCUT2D eigenvalue weighted by Gasteiger charge is -2.55. The van der Waals surface area contributed by atoms with Crippen molar-refractivity contribution in [1.29, 1.82) is 5.26 Å². The fourth-order valence-corrected chi connectivity index (χ4v) is 10.3. The quantitative estimate of drug-likeness (QED) is 0.289. The molecular formula is C44H48BrN9O6. The van der Waals surface area contributed by atoms with Gasteiger partial charge in [0.1, 0.15) is 17.9 Å². The van der Waals surface area contributed by atoms with Crippen LogP contribution in [0.2, 0.25) is 0 Å². The summed E-state index contributed by atoms with van der Waals surface area (Å²) in [5, 5.41) is 23.3. The first-order valence-electron chi connectivity index (χ1n) is 21.1. The van der Waals surface area contributed by atoms with E-state index in [-0.39, 0.29) is 42.2 Å². The van der Waals surface area contributed by atoms with Gasteiger partial charge < -0.3 is 24.8 Å². The Morgan fingerprint density at radius 2 is 1.62 bits per heavy atom. The number of anilines is 2. The third-order valence-electron chi connectivity index (χ3n) is 13.5. The number of imide groups is 2. The Morgan fingerprint density at radius 3 is 2.30 bits per heavy atom. The van der Waals surface area contributed by atoms with Gasteiger partial charge in [-0.15, -0.1) is 10.2 Å². The summed E-state index contributed by atoms with van der Waals surface area (Å²) in [6, 6.07) is 15.7. The second-order valence-electron chi connectivity index (χ2n) is 17.4. The van der Waals surface area contributed by atoms with Crippen molar-refractivity contribution in [2.24, 2.45) is 11.3 Å². The number of nitrogens with zero attached hydrogens (tertiary/aromatic N) is 7. The number of amides is 5. The molecule has 5 fully saturated rings. The SMILES string of the molecule is N#Cc1ccc(O[C@H]2CC[C@H](NC(=O)c3ccc(N4CCC(CN5CCC6(CC5)CN(c5ccc7c(c5)C(=O)N(C5CCC(=O)NC5=O)C7=O)C6)CC4)nn3)CC2)cc1Br. The molecule has 0 radical (unpaired) electrons. The number of carbonyl (C=O) groups is 5. The molecule has 1 aliphatic carbocycles. The summed E-state index contributed by atoms with van der Waals surface area (Å²) in [5.74, 6) is 0.00339. The van der Waals surface area contributed by atoms with Crippen LogP contribution in [-0.2, 0) is 9.59 Å². The first-order chi connectivity index (χ1) is 29.0. The number of aromatic nitrogens is 2. The molecule has 312 valence electrons. The molecule has 1 aromatic heterocycles. The molecule has 5 aliphatic heterocycles. The molecule has 16 heteroatoms. The average molecular weight is 879 g/mol. The summed E-state index contributed by atoms with van der Waals surface area (Å²) in [6.07, 6.45) is 7.98. The van der Waals surface area contributed by atoms with Crippen molar-refractivity contribution in [3.63, 3.8) is 0 Å². The molecule has 1 spiro atoms. The highest BCUT2D eigenvalue weighted by molar-refractivity contribution is 9.10. The van der Waals surface area contributed by atoms with Gasteiger partial charge in [-0.2, -0.15) is 5.26 Å². The van der Waals surface area contributed by atoms with E-state index < -0.39 is 23.8 Å². The topological polar surface area (TPSA) is 181 Å². The largest absolute Gasteiger partial charge is 0.490 e. The summed E-state index contributed by atoms with van der Waals surface area (Å²) in [7, 11) is 0. The minimum atomic E-state index is -0.965. The van der Waals surface area contributed by atoms with E-state index in [0.717, 1.165) is 119 Å². The van der Waals surface area contributed by atoms with Gasteiger partial charge in [0.2, 0.25) is 11.8 Å². The third-order valence-corrected chi connectivity index (χ3v) is 14.1. The normalized spacial score (nSPS) is 24.5. The summed E-state index contributed by atoms with van der Waals surface area (Å²) in [5.41, 5.74) is 2.69. The number of hydrogen-bond acceptors (Lipinski definition) is 12. The van der Waals surface area contributed by atoms with Crippen LogP contribution in [0.1, 0.15) is 101 Å². The van der Waals surface area contributed by atoms with Gasteiger partial charge in [-0.05, 0) is 141 Å². The van der Waals surface area contributed by atoms with Crippen LogP contribution in [0.3, 0.4) is 0 Å². The van der Waals surface area contributed by atoms with Gasteiger partial charge in [-0.1, -0.05) is 0 Å². The molecule has 1 saturated carbocycles. The van der Waals surface area contributed by atoms with Gasteiger partial charge in [-0.25, -0.2) is 0 Å². The van der Waals surface area contributed by atoms with Crippen molar-refractivity contribution >= 4 is 57.0 Å². The van der Waals surface area contributed by atoms with Crippen LogP contribution in [0, 0.1) is 22.7 Å². The van der Waals surface area contributed by atoms with E-state index in [1.807, 2.05) is 24.3 Å². The average Bonchev–Trinajstić information content (AvgIpc) is 3.49. The summed E-state index contributed by atoms with van der Waals surface area (Å²) in [6.45, 7) is 6.85. The van der Waals surface area contributed by atoms with E-state index in [2.05, 4.69) is 57.5 Å². The summed E-state index contributed by atoms with van der Waals surface area (Å²) in [4.78, 5) is 71.7. The zero-order valence-corrected chi connectivity index (χ0v) is 35.0. The first-order valence-corrected chi connectivity index (χ1v) is 21.9. The van der Waals surface area contributed by atoms with Crippen molar-refractivity contribution in [3.05, 3.63) is 75.4 Å². The van der Waals surface area contributed by atoms with Crippen LogP contribution in [0.15, 0.2) is 53.0 Å². The second kappa shape index (κ2) is 16.6. The number of hydrogen-bond donors (Lipinski definition) is 2. The molecule has 1 atom stereocenters. The Kier molecular flexibility index (Phi) is 11.1. The lowest BCUT2D eigenvalue weighted by atomic mass is 9.71. The molecule has 6 heterocycles. The number of nitrogens with one attached hydrogen (secondary N) is 2. The number of ether oxygens (including phenoxy) is 1. The molecule has 6 aliphatic rings.